The zero-order chi connectivity index (χ0) is 20.0. The highest BCUT2D eigenvalue weighted by Gasteiger charge is 2.46. The van der Waals surface area contributed by atoms with Gasteiger partial charge in [-0.2, -0.15) is 5.26 Å². The molecule has 0 amide bonds. The van der Waals surface area contributed by atoms with Crippen LogP contribution in [0.1, 0.15) is 31.2 Å². The van der Waals surface area contributed by atoms with Crippen molar-refractivity contribution in [2.75, 3.05) is 26.7 Å². The maximum atomic E-state index is 12.9. The largest absolute Gasteiger partial charge is 0.492 e. The number of ether oxygens (including phenoxy) is 1. The quantitative estimate of drug-likeness (QED) is 0.532. The molecule has 2 aromatic rings. The van der Waals surface area contributed by atoms with Crippen molar-refractivity contribution in [1.82, 2.24) is 4.90 Å². The molecule has 1 aliphatic carbocycles. The van der Waals surface area contributed by atoms with Crippen molar-refractivity contribution < 1.29 is 9.13 Å². The lowest BCUT2D eigenvalue weighted by Crippen LogP contribution is -2.30. The van der Waals surface area contributed by atoms with Crippen LogP contribution in [0.2, 0.25) is 5.02 Å². The number of rotatable bonds is 10. The van der Waals surface area contributed by atoms with Gasteiger partial charge in [-0.15, -0.1) is 0 Å². The van der Waals surface area contributed by atoms with Crippen LogP contribution in [0, 0.1) is 23.1 Å². The molecule has 0 aliphatic heterocycles. The van der Waals surface area contributed by atoms with Gasteiger partial charge in [0.2, 0.25) is 0 Å². The van der Waals surface area contributed by atoms with Gasteiger partial charge in [0.25, 0.3) is 0 Å². The van der Waals surface area contributed by atoms with E-state index in [1.54, 1.807) is 12.1 Å². The molecule has 1 unspecified atom stereocenters. The summed E-state index contributed by atoms with van der Waals surface area (Å²) in [5.41, 5.74) is 0.681. The minimum absolute atomic E-state index is 0.262. The molecule has 2 aromatic carbocycles. The first-order valence-electron chi connectivity index (χ1n) is 9.78. The van der Waals surface area contributed by atoms with Crippen LogP contribution in [0.15, 0.2) is 48.5 Å². The fourth-order valence-electron chi connectivity index (χ4n) is 3.71. The lowest BCUT2D eigenvalue weighted by atomic mass is 9.74. The summed E-state index contributed by atoms with van der Waals surface area (Å²) < 4.78 is 18.6. The van der Waals surface area contributed by atoms with Crippen molar-refractivity contribution in [3.63, 3.8) is 0 Å². The van der Waals surface area contributed by atoms with Gasteiger partial charge >= 0.3 is 0 Å². The molecule has 0 N–H and O–H groups in total. The van der Waals surface area contributed by atoms with Crippen LogP contribution in [0.3, 0.4) is 0 Å². The Kier molecular flexibility index (Phi) is 6.93. The Labute approximate surface area is 171 Å². The molecule has 0 bridgehead atoms. The first kappa shape index (κ1) is 20.6. The summed E-state index contributed by atoms with van der Waals surface area (Å²) in [7, 11) is 2.06. The predicted octanol–water partition coefficient (Wildman–Crippen LogP) is 5.44. The van der Waals surface area contributed by atoms with Gasteiger partial charge in [-0.25, -0.2) is 4.39 Å². The first-order valence-corrected chi connectivity index (χ1v) is 10.2. The monoisotopic (exact) mass is 400 g/mol. The Bertz CT molecular complexity index is 799. The third kappa shape index (κ3) is 5.25. The molecule has 28 heavy (non-hydrogen) atoms. The molecule has 0 aromatic heterocycles. The highest BCUT2D eigenvalue weighted by Crippen LogP contribution is 2.50. The molecule has 3 nitrogen and oxygen atoms in total. The van der Waals surface area contributed by atoms with E-state index in [-0.39, 0.29) is 5.82 Å². The van der Waals surface area contributed by atoms with Gasteiger partial charge in [0.15, 0.2) is 0 Å². The molecule has 0 heterocycles. The summed E-state index contributed by atoms with van der Waals surface area (Å²) >= 11 is 6.03. The molecule has 1 saturated carbocycles. The molecule has 5 heteroatoms. The normalized spacial score (nSPS) is 15.8. The van der Waals surface area contributed by atoms with Crippen molar-refractivity contribution in [2.24, 2.45) is 5.92 Å². The molecule has 0 saturated heterocycles. The van der Waals surface area contributed by atoms with Crippen LogP contribution in [0.25, 0.3) is 0 Å². The van der Waals surface area contributed by atoms with Gasteiger partial charge in [0, 0.05) is 11.6 Å². The standard InChI is InChI=1S/C23H26ClFN2O/c1-27(15-16-28-22-11-9-21(25)10-12-22)14-2-13-23(17-26,18-3-4-18)19-5-7-20(24)8-6-19/h5-12,18H,2-4,13-16H2,1H3. The molecule has 0 spiro atoms. The maximum absolute atomic E-state index is 12.9. The van der Waals surface area contributed by atoms with Crippen LogP contribution in [0.4, 0.5) is 4.39 Å². The topological polar surface area (TPSA) is 36.3 Å². The first-order chi connectivity index (χ1) is 13.5. The number of nitrogens with zero attached hydrogens (tertiary/aromatic N) is 2. The smallest absolute Gasteiger partial charge is 0.123 e. The predicted molar refractivity (Wildman–Crippen MR) is 110 cm³/mol. The van der Waals surface area contributed by atoms with Crippen molar-refractivity contribution in [3.8, 4) is 11.8 Å². The lowest BCUT2D eigenvalue weighted by Gasteiger charge is -2.28. The van der Waals surface area contributed by atoms with Crippen LogP contribution in [-0.4, -0.2) is 31.6 Å². The zero-order valence-corrected chi connectivity index (χ0v) is 17.0. The van der Waals surface area contributed by atoms with Gasteiger partial charge in [-0.05, 0) is 87.2 Å². The van der Waals surface area contributed by atoms with Crippen molar-refractivity contribution in [2.45, 2.75) is 31.1 Å². The van der Waals surface area contributed by atoms with E-state index in [2.05, 4.69) is 18.0 Å². The van der Waals surface area contributed by atoms with E-state index >= 15 is 0 Å². The van der Waals surface area contributed by atoms with Gasteiger partial charge in [0.05, 0.1) is 11.5 Å². The van der Waals surface area contributed by atoms with E-state index in [9.17, 15) is 9.65 Å². The summed E-state index contributed by atoms with van der Waals surface area (Å²) in [6.07, 6.45) is 4.04. The highest BCUT2D eigenvalue weighted by molar-refractivity contribution is 6.30. The number of hydrogen-bond acceptors (Lipinski definition) is 3. The van der Waals surface area contributed by atoms with Crippen molar-refractivity contribution in [1.29, 1.82) is 5.26 Å². The van der Waals surface area contributed by atoms with Gasteiger partial charge in [-0.3, -0.25) is 0 Å². The third-order valence-electron chi connectivity index (χ3n) is 5.50. The summed E-state index contributed by atoms with van der Waals surface area (Å²) in [6, 6.07) is 16.5. The average Bonchev–Trinajstić information content (AvgIpc) is 3.53. The van der Waals surface area contributed by atoms with Crippen LogP contribution < -0.4 is 4.74 Å². The van der Waals surface area contributed by atoms with E-state index in [1.807, 2.05) is 24.3 Å². The fraction of sp³-hybridized carbons (Fsp3) is 0.435. The molecule has 1 atom stereocenters. The van der Waals surface area contributed by atoms with Gasteiger partial charge in [0.1, 0.15) is 18.2 Å². The third-order valence-corrected chi connectivity index (χ3v) is 5.75. The highest BCUT2D eigenvalue weighted by atomic mass is 35.5. The Morgan fingerprint density at radius 3 is 2.43 bits per heavy atom. The molecule has 0 radical (unpaired) electrons. The molecule has 1 fully saturated rings. The summed E-state index contributed by atoms with van der Waals surface area (Å²) in [6.45, 7) is 2.23. The summed E-state index contributed by atoms with van der Waals surface area (Å²) in [5.74, 6) is 0.863. The Morgan fingerprint density at radius 2 is 1.82 bits per heavy atom. The number of halogens is 2. The summed E-state index contributed by atoms with van der Waals surface area (Å²) in [4.78, 5) is 2.21. The van der Waals surface area contributed by atoms with E-state index < -0.39 is 5.41 Å². The molecule has 1 aliphatic rings. The molecular weight excluding hydrogens is 375 g/mol. The van der Waals surface area contributed by atoms with Gasteiger partial charge in [-0.1, -0.05) is 23.7 Å². The van der Waals surface area contributed by atoms with Crippen LogP contribution in [-0.2, 0) is 5.41 Å². The maximum Gasteiger partial charge on any atom is 0.123 e. The van der Waals surface area contributed by atoms with Crippen molar-refractivity contribution in [3.05, 3.63) is 64.9 Å². The van der Waals surface area contributed by atoms with Crippen molar-refractivity contribution >= 4 is 11.6 Å². The van der Waals surface area contributed by atoms with E-state index in [0.717, 1.165) is 44.3 Å². The van der Waals surface area contributed by atoms with E-state index in [0.29, 0.717) is 23.3 Å². The SMILES string of the molecule is CN(CCCC(C#N)(c1ccc(Cl)cc1)C1CC1)CCOc1ccc(F)cc1. The molecule has 3 rings (SSSR count). The number of likely N-dealkylation sites (N-methyl/N-ethyl adjacent to an activating group) is 1. The van der Waals surface area contributed by atoms with E-state index in [1.165, 1.54) is 12.1 Å². The number of hydrogen-bond donors (Lipinski definition) is 0. The Balaban J connectivity index is 1.48. The Morgan fingerprint density at radius 1 is 1.14 bits per heavy atom. The number of nitriles is 1. The molecule has 148 valence electrons. The second-order valence-corrected chi connectivity index (χ2v) is 8.01. The second-order valence-electron chi connectivity index (χ2n) is 7.57. The second kappa shape index (κ2) is 9.41. The number of benzene rings is 2. The molecular formula is C23H26ClFN2O. The lowest BCUT2D eigenvalue weighted by molar-refractivity contribution is 0.230. The average molecular weight is 401 g/mol. The minimum Gasteiger partial charge on any atom is -0.492 e. The fourth-order valence-corrected chi connectivity index (χ4v) is 3.84. The van der Waals surface area contributed by atoms with Crippen LogP contribution >= 0.6 is 11.6 Å². The zero-order valence-electron chi connectivity index (χ0n) is 16.2. The minimum atomic E-state index is -0.407. The summed E-state index contributed by atoms with van der Waals surface area (Å²) in [5, 5.41) is 10.7. The van der Waals surface area contributed by atoms with Crippen LogP contribution in [0.5, 0.6) is 5.75 Å². The van der Waals surface area contributed by atoms with Gasteiger partial charge < -0.3 is 9.64 Å². The Hall–Kier alpha value is -2.09. The van der Waals surface area contributed by atoms with E-state index in [4.69, 9.17) is 16.3 Å².